The van der Waals surface area contributed by atoms with E-state index in [1.54, 1.807) is 6.20 Å². The number of hydrogen-bond donors (Lipinski definition) is 1. The molecule has 5 rings (SSSR count). The molecule has 1 atom stereocenters. The normalized spacial score (nSPS) is 24.2. The lowest BCUT2D eigenvalue weighted by atomic mass is 10.0. The van der Waals surface area contributed by atoms with E-state index in [0.717, 1.165) is 43.4 Å². The molecule has 1 aliphatic carbocycles. The van der Waals surface area contributed by atoms with Gasteiger partial charge in [-0.1, -0.05) is 0 Å². The first kappa shape index (κ1) is 14.3. The highest BCUT2D eigenvalue weighted by molar-refractivity contribution is 5.89. The maximum absolute atomic E-state index is 15.0. The van der Waals surface area contributed by atoms with Gasteiger partial charge in [0.2, 0.25) is 0 Å². The fraction of sp³-hybridized carbons (Fsp3) is 0.500. The Morgan fingerprint density at radius 2 is 2.17 bits per heavy atom. The van der Waals surface area contributed by atoms with Crippen LogP contribution in [0.25, 0.3) is 10.9 Å². The molecule has 2 aliphatic heterocycles. The number of likely N-dealkylation sites (N-methyl/N-ethyl adjacent to an activating group) is 1. The van der Waals surface area contributed by atoms with E-state index < -0.39 is 0 Å². The molecule has 126 valence electrons. The van der Waals surface area contributed by atoms with Gasteiger partial charge in [-0.2, -0.15) is 0 Å². The van der Waals surface area contributed by atoms with Crippen LogP contribution in [-0.2, 0) is 6.42 Å². The van der Waals surface area contributed by atoms with E-state index in [1.165, 1.54) is 12.1 Å². The highest BCUT2D eigenvalue weighted by atomic mass is 19.1. The van der Waals surface area contributed by atoms with Crippen LogP contribution in [0.1, 0.15) is 18.4 Å². The summed E-state index contributed by atoms with van der Waals surface area (Å²) in [4.78, 5) is 14.4. The molecule has 1 spiro atoms. The topological polar surface area (TPSA) is 54.5 Å². The van der Waals surface area contributed by atoms with Crippen LogP contribution in [0.5, 0.6) is 0 Å². The zero-order valence-corrected chi connectivity index (χ0v) is 13.8. The lowest BCUT2D eigenvalue weighted by Gasteiger charge is -2.33. The third-order valence-corrected chi connectivity index (χ3v) is 6.16. The van der Waals surface area contributed by atoms with Crippen molar-refractivity contribution in [3.8, 4) is 0 Å². The molecule has 0 bridgehead atoms. The molecule has 2 N–H and O–H groups in total. The first-order valence-electron chi connectivity index (χ1n) is 8.59. The summed E-state index contributed by atoms with van der Waals surface area (Å²) in [6.45, 7) is 2.32. The second kappa shape index (κ2) is 4.51. The van der Waals surface area contributed by atoms with Crippen LogP contribution < -0.4 is 21.1 Å². The molecule has 6 heteroatoms. The molecule has 5 nitrogen and oxygen atoms in total. The summed E-state index contributed by atoms with van der Waals surface area (Å²) in [5.41, 5.74) is 8.84. The van der Waals surface area contributed by atoms with E-state index in [9.17, 15) is 4.79 Å². The number of nitrogens with two attached hydrogens (primary N) is 1. The summed E-state index contributed by atoms with van der Waals surface area (Å²) in [6, 6.07) is 3.04. The Hall–Kier alpha value is -2.08. The quantitative estimate of drug-likeness (QED) is 0.854. The standard InChI is InChI=1S/C18H21FN4O/c1-21-6-2-11-16-12(14(24)3-7-23(16)21)8-13(19)17(11)22-9-15(20)18(10-22)4-5-18/h3,7-8,15H,2,4-6,9-10,20H2,1H3. The van der Waals surface area contributed by atoms with Crippen molar-refractivity contribution in [2.75, 3.05) is 36.6 Å². The first-order chi connectivity index (χ1) is 11.5. The van der Waals surface area contributed by atoms with Crippen LogP contribution in [0, 0.1) is 11.2 Å². The molecular weight excluding hydrogens is 307 g/mol. The molecule has 2 aromatic rings. The number of hydrogen-bond acceptors (Lipinski definition) is 4. The zero-order valence-electron chi connectivity index (χ0n) is 13.8. The second-order valence-electron chi connectivity index (χ2n) is 7.59. The summed E-state index contributed by atoms with van der Waals surface area (Å²) in [5.74, 6) is -0.290. The van der Waals surface area contributed by atoms with Crippen molar-refractivity contribution in [1.29, 1.82) is 0 Å². The maximum Gasteiger partial charge on any atom is 0.189 e. The van der Waals surface area contributed by atoms with Gasteiger partial charge in [-0.05, 0) is 25.3 Å². The van der Waals surface area contributed by atoms with Crippen LogP contribution in [0.15, 0.2) is 23.1 Å². The molecule has 1 aromatic carbocycles. The minimum absolute atomic E-state index is 0.115. The lowest BCUT2D eigenvalue weighted by Crippen LogP contribution is -2.38. The highest BCUT2D eigenvalue weighted by Gasteiger charge is 2.54. The van der Waals surface area contributed by atoms with E-state index >= 15 is 4.39 Å². The number of aromatic nitrogens is 1. The van der Waals surface area contributed by atoms with Crippen LogP contribution in [0.3, 0.4) is 0 Å². The average Bonchev–Trinajstić information content (AvgIpc) is 3.25. The molecule has 1 saturated carbocycles. The SMILES string of the molecule is CN1CCc2c(N3CC(N)C4(CC4)C3)c(F)cc3c(=O)ccn1c23. The minimum atomic E-state index is -0.290. The van der Waals surface area contributed by atoms with Gasteiger partial charge >= 0.3 is 0 Å². The molecule has 1 saturated heterocycles. The molecule has 2 fully saturated rings. The van der Waals surface area contributed by atoms with Gasteiger partial charge in [-0.15, -0.1) is 0 Å². The number of anilines is 1. The fourth-order valence-electron chi connectivity index (χ4n) is 4.53. The van der Waals surface area contributed by atoms with Crippen molar-refractivity contribution < 1.29 is 4.39 Å². The van der Waals surface area contributed by atoms with E-state index in [0.29, 0.717) is 17.6 Å². The molecule has 3 heterocycles. The fourth-order valence-corrected chi connectivity index (χ4v) is 4.53. The van der Waals surface area contributed by atoms with Gasteiger partial charge in [0.15, 0.2) is 5.43 Å². The Bertz CT molecular complexity index is 917. The van der Waals surface area contributed by atoms with E-state index in [4.69, 9.17) is 5.73 Å². The summed E-state index contributed by atoms with van der Waals surface area (Å²) < 4.78 is 17.0. The Balaban J connectivity index is 1.76. The summed E-state index contributed by atoms with van der Waals surface area (Å²) >= 11 is 0. The van der Waals surface area contributed by atoms with Crippen molar-refractivity contribution >= 4 is 16.6 Å². The van der Waals surface area contributed by atoms with Crippen LogP contribution in [0.4, 0.5) is 10.1 Å². The van der Waals surface area contributed by atoms with Gasteiger partial charge in [0.05, 0.1) is 16.6 Å². The zero-order chi connectivity index (χ0) is 16.6. The largest absolute Gasteiger partial charge is 0.367 e. The van der Waals surface area contributed by atoms with Gasteiger partial charge in [0.1, 0.15) is 5.82 Å². The molecule has 3 aliphatic rings. The Morgan fingerprint density at radius 1 is 1.38 bits per heavy atom. The van der Waals surface area contributed by atoms with E-state index in [-0.39, 0.29) is 22.7 Å². The summed E-state index contributed by atoms with van der Waals surface area (Å²) in [5, 5.41) is 2.53. The smallest absolute Gasteiger partial charge is 0.189 e. The monoisotopic (exact) mass is 328 g/mol. The summed E-state index contributed by atoms with van der Waals surface area (Å²) in [6.07, 6.45) is 4.81. The summed E-state index contributed by atoms with van der Waals surface area (Å²) in [7, 11) is 1.99. The van der Waals surface area contributed by atoms with Crippen molar-refractivity contribution in [2.24, 2.45) is 11.1 Å². The van der Waals surface area contributed by atoms with Crippen LogP contribution in [-0.4, -0.2) is 37.4 Å². The Morgan fingerprint density at radius 3 is 2.88 bits per heavy atom. The third-order valence-electron chi connectivity index (χ3n) is 6.16. The molecule has 1 aromatic heterocycles. The number of halogens is 1. The maximum atomic E-state index is 15.0. The number of benzene rings is 1. The van der Waals surface area contributed by atoms with Gasteiger partial charge in [0, 0.05) is 56.0 Å². The van der Waals surface area contributed by atoms with Crippen LogP contribution >= 0.6 is 0 Å². The molecule has 1 unspecified atom stereocenters. The van der Waals surface area contributed by atoms with Gasteiger partial charge < -0.3 is 15.6 Å². The average molecular weight is 328 g/mol. The molecular formula is C18H21FN4O. The lowest BCUT2D eigenvalue weighted by molar-refractivity contribution is 0.499. The predicted molar refractivity (Wildman–Crippen MR) is 92.7 cm³/mol. The van der Waals surface area contributed by atoms with Gasteiger partial charge in [-0.3, -0.25) is 9.47 Å². The van der Waals surface area contributed by atoms with E-state index in [2.05, 4.69) is 9.91 Å². The second-order valence-corrected chi connectivity index (χ2v) is 7.59. The van der Waals surface area contributed by atoms with Crippen LogP contribution in [0.2, 0.25) is 0 Å². The molecule has 0 amide bonds. The number of rotatable bonds is 1. The van der Waals surface area contributed by atoms with E-state index in [1.807, 2.05) is 11.7 Å². The first-order valence-corrected chi connectivity index (χ1v) is 8.59. The van der Waals surface area contributed by atoms with Crippen molar-refractivity contribution in [3.63, 3.8) is 0 Å². The number of nitrogens with zero attached hydrogens (tertiary/aromatic N) is 3. The van der Waals surface area contributed by atoms with Crippen molar-refractivity contribution in [1.82, 2.24) is 4.68 Å². The number of pyridine rings is 1. The Kier molecular flexibility index (Phi) is 2.68. The van der Waals surface area contributed by atoms with Gasteiger partial charge in [0.25, 0.3) is 0 Å². The predicted octanol–water partition coefficient (Wildman–Crippen LogP) is 1.19. The van der Waals surface area contributed by atoms with Crippen molar-refractivity contribution in [3.05, 3.63) is 39.9 Å². The molecule has 0 radical (unpaired) electrons. The van der Waals surface area contributed by atoms with Gasteiger partial charge in [-0.25, -0.2) is 4.39 Å². The minimum Gasteiger partial charge on any atom is -0.367 e. The highest BCUT2D eigenvalue weighted by Crippen LogP contribution is 2.53. The molecule has 24 heavy (non-hydrogen) atoms. The van der Waals surface area contributed by atoms with Crippen molar-refractivity contribution in [2.45, 2.75) is 25.3 Å². The third kappa shape index (κ3) is 1.75. The Labute approximate surface area is 139 Å².